The van der Waals surface area contributed by atoms with Gasteiger partial charge in [0.2, 0.25) is 0 Å². The summed E-state index contributed by atoms with van der Waals surface area (Å²) >= 11 is 0. The predicted molar refractivity (Wildman–Crippen MR) is 126 cm³/mol. The summed E-state index contributed by atoms with van der Waals surface area (Å²) in [6.45, 7) is 0. The van der Waals surface area contributed by atoms with Crippen LogP contribution in [0, 0.1) is 0 Å². The zero-order valence-corrected chi connectivity index (χ0v) is 18.0. The molecule has 2 aromatic heterocycles. The van der Waals surface area contributed by atoms with E-state index in [1.165, 1.54) is 10.9 Å². The van der Waals surface area contributed by atoms with Gasteiger partial charge in [0.05, 0.1) is 17.3 Å². The zero-order valence-electron chi connectivity index (χ0n) is 18.0. The predicted octanol–water partition coefficient (Wildman–Crippen LogP) is 3.03. The lowest BCUT2D eigenvalue weighted by molar-refractivity contribution is -0.110. The molecule has 2 amide bonds. The number of nitrogens with zero attached hydrogens (tertiary/aromatic N) is 3. The highest BCUT2D eigenvalue weighted by Gasteiger charge is 2.25. The minimum atomic E-state index is -0.320. The summed E-state index contributed by atoms with van der Waals surface area (Å²) in [6, 6.07) is 13.5. The number of nitrogens with one attached hydrogen (secondary N) is 4. The van der Waals surface area contributed by atoms with Crippen molar-refractivity contribution in [2.45, 2.75) is 0 Å². The van der Waals surface area contributed by atoms with Crippen molar-refractivity contribution in [2.75, 3.05) is 16.0 Å². The molecule has 4 aromatic rings. The fourth-order valence-electron chi connectivity index (χ4n) is 3.61. The lowest BCUT2D eigenvalue weighted by Gasteiger charge is -2.08. The number of fused-ring (bicyclic) bond motifs is 1. The Morgan fingerprint density at radius 2 is 1.91 bits per heavy atom. The van der Waals surface area contributed by atoms with Gasteiger partial charge in [-0.25, -0.2) is 0 Å². The first kappa shape index (κ1) is 20.9. The second-order valence-electron chi connectivity index (χ2n) is 7.64. The Bertz CT molecular complexity index is 1450. The molecule has 0 atom stereocenters. The summed E-state index contributed by atoms with van der Waals surface area (Å²) in [5, 5.41) is 19.2. The van der Waals surface area contributed by atoms with Gasteiger partial charge >= 0.3 is 0 Å². The van der Waals surface area contributed by atoms with Gasteiger partial charge in [-0.1, -0.05) is 12.1 Å². The van der Waals surface area contributed by atoms with E-state index in [1.54, 1.807) is 74.2 Å². The molecule has 2 aromatic carbocycles. The molecular formula is C24H19N7O3. The summed E-state index contributed by atoms with van der Waals surface area (Å²) in [5.74, 6) is -0.271. The molecule has 0 fully saturated rings. The van der Waals surface area contributed by atoms with E-state index in [0.29, 0.717) is 45.0 Å². The average molecular weight is 453 g/mol. The minimum Gasteiger partial charge on any atom is -0.344 e. The molecule has 0 radical (unpaired) electrons. The molecular weight excluding hydrogens is 434 g/mol. The maximum atomic E-state index is 13.2. The molecule has 0 aliphatic carbocycles. The number of hydrogen-bond donors (Lipinski definition) is 4. The first-order valence-corrected chi connectivity index (χ1v) is 10.3. The number of hydrogen-bond acceptors (Lipinski definition) is 6. The first-order valence-electron chi connectivity index (χ1n) is 10.3. The highest BCUT2D eigenvalue weighted by atomic mass is 16.2. The Hall–Kier alpha value is -4.99. The fraction of sp³-hybridized carbons (Fsp3) is 0.0417. The van der Waals surface area contributed by atoms with Crippen molar-refractivity contribution in [3.8, 4) is 0 Å². The number of aryl methyl sites for hydroxylation is 1. The zero-order chi connectivity index (χ0) is 23.7. The van der Waals surface area contributed by atoms with Crippen LogP contribution in [-0.4, -0.2) is 37.6 Å². The number of amides is 2. The highest BCUT2D eigenvalue weighted by molar-refractivity contribution is 6.32. The number of carbonyl (C=O) groups excluding carboxylic acids is 3. The maximum Gasteiger partial charge on any atom is 0.258 e. The van der Waals surface area contributed by atoms with Crippen LogP contribution in [0.1, 0.15) is 31.8 Å². The van der Waals surface area contributed by atoms with Gasteiger partial charge in [-0.3, -0.25) is 24.2 Å². The molecule has 0 saturated carbocycles. The van der Waals surface area contributed by atoms with E-state index in [4.69, 9.17) is 0 Å². The highest BCUT2D eigenvalue weighted by Crippen LogP contribution is 2.33. The van der Waals surface area contributed by atoms with E-state index in [9.17, 15) is 14.4 Å². The Morgan fingerprint density at radius 1 is 1.06 bits per heavy atom. The Labute approximate surface area is 193 Å². The van der Waals surface area contributed by atoms with E-state index in [1.807, 2.05) is 0 Å². The van der Waals surface area contributed by atoms with Crippen LogP contribution >= 0.6 is 0 Å². The molecule has 0 saturated heterocycles. The van der Waals surface area contributed by atoms with Gasteiger partial charge in [0, 0.05) is 59.8 Å². The minimum absolute atomic E-state index is 0.237. The summed E-state index contributed by atoms with van der Waals surface area (Å²) in [6.07, 6.45) is 6.29. The van der Waals surface area contributed by atoms with Gasteiger partial charge in [0.15, 0.2) is 11.6 Å². The standard InChI is InChI=1S/C24H19N7O3/c1-31-13-16(11-27-31)23(33)28-17-4-2-3-14(9-17)22(32)15-5-6-20-18(10-15)19(24(34)29-20)12-25-21-7-8-26-30-21/h2-13H,1H3,(H,28,33)(H,29,34)(H2,25,26,30)/b19-12-. The van der Waals surface area contributed by atoms with Crippen LogP contribution in [0.15, 0.2) is 73.3 Å². The summed E-state index contributed by atoms with van der Waals surface area (Å²) in [4.78, 5) is 38.1. The summed E-state index contributed by atoms with van der Waals surface area (Å²) in [5.41, 5.74) is 3.34. The topological polar surface area (TPSA) is 134 Å². The van der Waals surface area contributed by atoms with Crippen LogP contribution < -0.4 is 16.0 Å². The van der Waals surface area contributed by atoms with Gasteiger partial charge in [0.1, 0.15) is 0 Å². The Balaban J connectivity index is 1.38. The van der Waals surface area contributed by atoms with Crippen molar-refractivity contribution in [1.29, 1.82) is 0 Å². The van der Waals surface area contributed by atoms with E-state index in [0.717, 1.165) is 0 Å². The third kappa shape index (κ3) is 4.07. The van der Waals surface area contributed by atoms with Crippen LogP contribution in [0.25, 0.3) is 5.57 Å². The van der Waals surface area contributed by atoms with E-state index >= 15 is 0 Å². The third-order valence-corrected chi connectivity index (χ3v) is 5.28. The molecule has 0 bridgehead atoms. The monoisotopic (exact) mass is 453 g/mol. The van der Waals surface area contributed by atoms with Crippen LogP contribution in [0.5, 0.6) is 0 Å². The summed E-state index contributed by atoms with van der Waals surface area (Å²) < 4.78 is 1.54. The van der Waals surface area contributed by atoms with Gasteiger partial charge in [-0.15, -0.1) is 0 Å². The molecule has 4 N–H and O–H groups in total. The van der Waals surface area contributed by atoms with E-state index < -0.39 is 0 Å². The molecule has 34 heavy (non-hydrogen) atoms. The van der Waals surface area contributed by atoms with Crippen molar-refractivity contribution in [1.82, 2.24) is 20.0 Å². The van der Waals surface area contributed by atoms with E-state index in [2.05, 4.69) is 31.2 Å². The molecule has 1 aliphatic heterocycles. The molecule has 10 heteroatoms. The Kier molecular flexibility index (Phi) is 5.23. The Morgan fingerprint density at radius 3 is 2.68 bits per heavy atom. The number of benzene rings is 2. The first-order chi connectivity index (χ1) is 16.5. The van der Waals surface area contributed by atoms with Crippen LogP contribution in [0.4, 0.5) is 17.2 Å². The number of aromatic amines is 1. The lowest BCUT2D eigenvalue weighted by Crippen LogP contribution is -2.12. The normalized spacial score (nSPS) is 13.4. The van der Waals surface area contributed by atoms with Crippen LogP contribution in [0.3, 0.4) is 0 Å². The SMILES string of the molecule is Cn1cc(C(=O)Nc2cccc(C(=O)c3ccc4c(c3)/C(=C/Nc3cc[nH]n3)C(=O)N4)c2)cn1. The quantitative estimate of drug-likeness (QED) is 0.262. The molecule has 10 nitrogen and oxygen atoms in total. The number of aromatic nitrogens is 4. The van der Waals surface area contributed by atoms with Gasteiger partial charge in [0.25, 0.3) is 11.8 Å². The molecule has 0 unspecified atom stereocenters. The third-order valence-electron chi connectivity index (χ3n) is 5.28. The molecule has 3 heterocycles. The second kappa shape index (κ2) is 8.51. The van der Waals surface area contributed by atoms with Crippen LogP contribution in [-0.2, 0) is 11.8 Å². The summed E-state index contributed by atoms with van der Waals surface area (Å²) in [7, 11) is 1.73. The average Bonchev–Trinajstić information content (AvgIpc) is 3.57. The van der Waals surface area contributed by atoms with Gasteiger partial charge in [-0.2, -0.15) is 10.2 Å². The number of H-pyrrole nitrogens is 1. The fourth-order valence-corrected chi connectivity index (χ4v) is 3.61. The van der Waals surface area contributed by atoms with Crippen molar-refractivity contribution in [2.24, 2.45) is 7.05 Å². The molecule has 0 spiro atoms. The van der Waals surface area contributed by atoms with Crippen molar-refractivity contribution in [3.05, 3.63) is 95.6 Å². The van der Waals surface area contributed by atoms with Crippen molar-refractivity contribution in [3.63, 3.8) is 0 Å². The largest absolute Gasteiger partial charge is 0.344 e. The number of anilines is 3. The van der Waals surface area contributed by atoms with Crippen molar-refractivity contribution < 1.29 is 14.4 Å². The molecule has 168 valence electrons. The molecule has 5 rings (SSSR count). The van der Waals surface area contributed by atoms with E-state index in [-0.39, 0.29) is 17.6 Å². The lowest BCUT2D eigenvalue weighted by atomic mass is 9.98. The second-order valence-corrected chi connectivity index (χ2v) is 7.64. The van der Waals surface area contributed by atoms with Gasteiger partial charge in [-0.05, 0) is 30.3 Å². The van der Waals surface area contributed by atoms with Gasteiger partial charge < -0.3 is 16.0 Å². The van der Waals surface area contributed by atoms with Crippen LogP contribution in [0.2, 0.25) is 0 Å². The van der Waals surface area contributed by atoms with Crippen molar-refractivity contribution >= 4 is 40.4 Å². The number of rotatable bonds is 6. The number of carbonyl (C=O) groups is 3. The number of ketones is 1. The maximum absolute atomic E-state index is 13.2. The molecule has 1 aliphatic rings. The smallest absolute Gasteiger partial charge is 0.258 e.